The van der Waals surface area contributed by atoms with Gasteiger partial charge in [-0.1, -0.05) is 12.1 Å². The fourth-order valence-corrected chi connectivity index (χ4v) is 4.08. The lowest BCUT2D eigenvalue weighted by atomic mass is 9.97. The summed E-state index contributed by atoms with van der Waals surface area (Å²) in [5.41, 5.74) is 2.97. The first-order chi connectivity index (χ1) is 13.6. The Morgan fingerprint density at radius 1 is 1.25 bits per heavy atom. The normalized spacial score (nSPS) is 17.9. The van der Waals surface area contributed by atoms with E-state index < -0.39 is 0 Å². The molecule has 1 saturated heterocycles. The topological polar surface area (TPSA) is 63.1 Å². The number of pyridine rings is 1. The van der Waals surface area contributed by atoms with Crippen LogP contribution in [0.1, 0.15) is 38.6 Å². The maximum Gasteiger partial charge on any atom is 0.228 e. The number of anilines is 1. The third-order valence-corrected chi connectivity index (χ3v) is 5.36. The summed E-state index contributed by atoms with van der Waals surface area (Å²) in [5, 5.41) is 3.00. The van der Waals surface area contributed by atoms with E-state index in [1.165, 1.54) is 5.52 Å². The summed E-state index contributed by atoms with van der Waals surface area (Å²) in [4.78, 5) is 24.0. The van der Waals surface area contributed by atoms with Crippen LogP contribution in [0.15, 0.2) is 48.8 Å². The molecule has 0 radical (unpaired) electrons. The molecule has 1 fully saturated rings. The van der Waals surface area contributed by atoms with Gasteiger partial charge in [-0.05, 0) is 57.5 Å². The summed E-state index contributed by atoms with van der Waals surface area (Å²) in [6.45, 7) is 6.91. The van der Waals surface area contributed by atoms with E-state index >= 15 is 0 Å². The van der Waals surface area contributed by atoms with Crippen molar-refractivity contribution in [2.24, 2.45) is 5.92 Å². The number of imidazole rings is 1. The molecule has 3 heterocycles. The summed E-state index contributed by atoms with van der Waals surface area (Å²) < 4.78 is 2.31. The smallest absolute Gasteiger partial charge is 0.228 e. The second kappa shape index (κ2) is 8.10. The van der Waals surface area contributed by atoms with Gasteiger partial charge in [-0.2, -0.15) is 0 Å². The van der Waals surface area contributed by atoms with Crippen LogP contribution in [0.2, 0.25) is 0 Å². The van der Waals surface area contributed by atoms with Gasteiger partial charge >= 0.3 is 0 Å². The molecule has 28 heavy (non-hydrogen) atoms. The maximum absolute atomic E-state index is 12.7. The van der Waals surface area contributed by atoms with Gasteiger partial charge in [-0.15, -0.1) is 0 Å². The average molecular weight is 377 g/mol. The third-order valence-electron chi connectivity index (χ3n) is 5.36. The predicted octanol–water partition coefficient (Wildman–Crippen LogP) is 3.86. The predicted molar refractivity (Wildman–Crippen MR) is 111 cm³/mol. The minimum atomic E-state index is -0.00849. The summed E-state index contributed by atoms with van der Waals surface area (Å²) in [5.74, 6) is 1.14. The Balaban J connectivity index is 1.48. The SMILES string of the molecule is CC(C)n1c(CN2CCC[C@H](C(=O)Nc3cccnc3)C2)nc2ccccc21. The van der Waals surface area contributed by atoms with Gasteiger partial charge in [0.15, 0.2) is 0 Å². The molecule has 0 bridgehead atoms. The average Bonchev–Trinajstić information content (AvgIpc) is 3.07. The largest absolute Gasteiger partial charge is 0.324 e. The number of nitrogens with one attached hydrogen (secondary N) is 1. The number of rotatable bonds is 5. The Bertz CT molecular complexity index is 950. The van der Waals surface area contributed by atoms with Crippen molar-refractivity contribution in [2.75, 3.05) is 18.4 Å². The van der Waals surface area contributed by atoms with Crippen LogP contribution in [0, 0.1) is 5.92 Å². The molecule has 1 aliphatic rings. The number of hydrogen-bond acceptors (Lipinski definition) is 4. The highest BCUT2D eigenvalue weighted by Crippen LogP contribution is 2.24. The molecule has 0 aliphatic carbocycles. The van der Waals surface area contributed by atoms with Crippen LogP contribution >= 0.6 is 0 Å². The van der Waals surface area contributed by atoms with Crippen molar-refractivity contribution < 1.29 is 4.79 Å². The molecular weight excluding hydrogens is 350 g/mol. The Morgan fingerprint density at radius 3 is 2.89 bits per heavy atom. The number of hydrogen-bond donors (Lipinski definition) is 1. The number of likely N-dealkylation sites (tertiary alicyclic amines) is 1. The Labute approximate surface area is 165 Å². The summed E-state index contributed by atoms with van der Waals surface area (Å²) in [7, 11) is 0. The number of aromatic nitrogens is 3. The number of piperidine rings is 1. The molecular formula is C22H27N5O. The molecule has 6 heteroatoms. The van der Waals surface area contributed by atoms with E-state index in [9.17, 15) is 4.79 Å². The molecule has 4 rings (SSSR count). The molecule has 0 saturated carbocycles. The van der Waals surface area contributed by atoms with Gasteiger partial charge in [-0.3, -0.25) is 14.7 Å². The van der Waals surface area contributed by atoms with E-state index in [1.54, 1.807) is 12.4 Å². The van der Waals surface area contributed by atoms with Gasteiger partial charge in [0.1, 0.15) is 5.82 Å². The van der Waals surface area contributed by atoms with Gasteiger partial charge in [0.2, 0.25) is 5.91 Å². The fourth-order valence-electron chi connectivity index (χ4n) is 4.08. The number of para-hydroxylation sites is 2. The molecule has 1 N–H and O–H groups in total. The quantitative estimate of drug-likeness (QED) is 0.733. The van der Waals surface area contributed by atoms with Crippen molar-refractivity contribution in [1.29, 1.82) is 0 Å². The standard InChI is InChI=1S/C22H27N5O/c1-16(2)27-20-10-4-3-9-19(20)25-21(27)15-26-12-6-7-17(14-26)22(28)24-18-8-5-11-23-13-18/h3-5,8-11,13,16-17H,6-7,12,14-15H2,1-2H3,(H,24,28)/t17-/m0/s1. The summed E-state index contributed by atoms with van der Waals surface area (Å²) >= 11 is 0. The van der Waals surface area contributed by atoms with Gasteiger partial charge in [0.05, 0.1) is 35.4 Å². The van der Waals surface area contributed by atoms with Crippen LogP contribution in [0.25, 0.3) is 11.0 Å². The number of nitrogens with zero attached hydrogens (tertiary/aromatic N) is 4. The van der Waals surface area contributed by atoms with E-state index in [-0.39, 0.29) is 11.8 Å². The van der Waals surface area contributed by atoms with Crippen molar-refractivity contribution in [3.05, 3.63) is 54.6 Å². The molecule has 2 aromatic heterocycles. The van der Waals surface area contributed by atoms with E-state index in [0.29, 0.717) is 6.04 Å². The molecule has 3 aromatic rings. The van der Waals surface area contributed by atoms with Crippen molar-refractivity contribution in [3.63, 3.8) is 0 Å². The van der Waals surface area contributed by atoms with Gasteiger partial charge in [0.25, 0.3) is 0 Å². The van der Waals surface area contributed by atoms with Crippen LogP contribution < -0.4 is 5.32 Å². The molecule has 6 nitrogen and oxygen atoms in total. The minimum Gasteiger partial charge on any atom is -0.324 e. The van der Waals surface area contributed by atoms with Crippen molar-refractivity contribution in [1.82, 2.24) is 19.4 Å². The minimum absolute atomic E-state index is 0.00849. The van der Waals surface area contributed by atoms with E-state index in [2.05, 4.69) is 51.8 Å². The Kier molecular flexibility index (Phi) is 5.39. The third kappa shape index (κ3) is 3.92. The van der Waals surface area contributed by atoms with E-state index in [4.69, 9.17) is 4.98 Å². The van der Waals surface area contributed by atoms with Crippen LogP contribution in [-0.2, 0) is 11.3 Å². The molecule has 1 aromatic carbocycles. The molecule has 0 spiro atoms. The Morgan fingerprint density at radius 2 is 2.11 bits per heavy atom. The first kappa shape index (κ1) is 18.6. The number of carbonyl (C=O) groups excluding carboxylic acids is 1. The molecule has 0 unspecified atom stereocenters. The number of fused-ring (bicyclic) bond motifs is 1. The second-order valence-electron chi connectivity index (χ2n) is 7.79. The lowest BCUT2D eigenvalue weighted by Crippen LogP contribution is -2.40. The molecule has 1 amide bonds. The Hall–Kier alpha value is -2.73. The number of amides is 1. The lowest BCUT2D eigenvalue weighted by Gasteiger charge is -2.32. The summed E-state index contributed by atoms with van der Waals surface area (Å²) in [6, 6.07) is 12.3. The van der Waals surface area contributed by atoms with Gasteiger partial charge < -0.3 is 9.88 Å². The molecule has 1 aliphatic heterocycles. The van der Waals surface area contributed by atoms with E-state index in [1.807, 2.05) is 18.2 Å². The van der Waals surface area contributed by atoms with Crippen molar-refractivity contribution in [2.45, 2.75) is 39.3 Å². The number of carbonyl (C=O) groups is 1. The zero-order chi connectivity index (χ0) is 19.5. The van der Waals surface area contributed by atoms with Crippen molar-refractivity contribution in [3.8, 4) is 0 Å². The lowest BCUT2D eigenvalue weighted by molar-refractivity contribution is -0.121. The van der Waals surface area contributed by atoms with Gasteiger partial charge in [0, 0.05) is 18.8 Å². The zero-order valence-corrected chi connectivity index (χ0v) is 16.5. The summed E-state index contributed by atoms with van der Waals surface area (Å²) in [6.07, 6.45) is 5.33. The van der Waals surface area contributed by atoms with Crippen LogP contribution in [-0.4, -0.2) is 38.4 Å². The second-order valence-corrected chi connectivity index (χ2v) is 7.79. The highest BCUT2D eigenvalue weighted by atomic mass is 16.1. The fraction of sp³-hybridized carbons (Fsp3) is 0.409. The van der Waals surface area contributed by atoms with Crippen LogP contribution in [0.3, 0.4) is 0 Å². The zero-order valence-electron chi connectivity index (χ0n) is 16.5. The molecule has 1 atom stereocenters. The number of benzene rings is 1. The molecule has 146 valence electrons. The first-order valence-electron chi connectivity index (χ1n) is 10.0. The first-order valence-corrected chi connectivity index (χ1v) is 10.0. The van der Waals surface area contributed by atoms with Crippen LogP contribution in [0.4, 0.5) is 5.69 Å². The van der Waals surface area contributed by atoms with Gasteiger partial charge in [-0.25, -0.2) is 4.98 Å². The highest BCUT2D eigenvalue weighted by molar-refractivity contribution is 5.92. The van der Waals surface area contributed by atoms with E-state index in [0.717, 1.165) is 49.5 Å². The maximum atomic E-state index is 12.7. The monoisotopic (exact) mass is 377 g/mol. The van der Waals surface area contributed by atoms with Crippen LogP contribution in [0.5, 0.6) is 0 Å². The highest BCUT2D eigenvalue weighted by Gasteiger charge is 2.27. The van der Waals surface area contributed by atoms with Crippen molar-refractivity contribution >= 4 is 22.6 Å².